The molecule has 14 heavy (non-hydrogen) atoms. The van der Waals surface area contributed by atoms with Crippen LogP contribution in [0.3, 0.4) is 0 Å². The lowest BCUT2D eigenvalue weighted by molar-refractivity contribution is 0.0169. The van der Waals surface area contributed by atoms with Crippen LogP contribution in [-0.2, 0) is 6.42 Å². The van der Waals surface area contributed by atoms with E-state index in [1.807, 2.05) is 24.3 Å². The van der Waals surface area contributed by atoms with Gasteiger partial charge in [0.2, 0.25) is 0 Å². The second-order valence-corrected chi connectivity index (χ2v) is 3.82. The smallest absolute Gasteiger partial charge is 0.125 e. The Morgan fingerprint density at radius 1 is 1.43 bits per heavy atom. The maximum absolute atomic E-state index is 9.82. The van der Waals surface area contributed by atoms with Crippen molar-refractivity contribution in [2.24, 2.45) is 0 Å². The van der Waals surface area contributed by atoms with Gasteiger partial charge in [-0.25, -0.2) is 0 Å². The number of fused-ring (bicyclic) bond motifs is 1. The zero-order chi connectivity index (χ0) is 9.97. The fourth-order valence-corrected chi connectivity index (χ4v) is 1.92. The molecule has 1 aromatic carbocycles. The van der Waals surface area contributed by atoms with Gasteiger partial charge in [0, 0.05) is 6.42 Å². The van der Waals surface area contributed by atoms with Gasteiger partial charge >= 0.3 is 0 Å². The van der Waals surface area contributed by atoms with Crippen LogP contribution >= 0.6 is 0 Å². The molecular weight excluding hydrogens is 176 g/mol. The third kappa shape index (κ3) is 1.75. The molecule has 1 aliphatic heterocycles. The predicted octanol–water partition coefficient (Wildman–Crippen LogP) is 2.15. The van der Waals surface area contributed by atoms with Crippen molar-refractivity contribution in [1.29, 1.82) is 0 Å². The topological polar surface area (TPSA) is 29.5 Å². The van der Waals surface area contributed by atoms with Gasteiger partial charge in [-0.3, -0.25) is 0 Å². The van der Waals surface area contributed by atoms with E-state index >= 15 is 0 Å². The van der Waals surface area contributed by atoms with Crippen LogP contribution in [0, 0.1) is 0 Å². The number of hydrogen-bond donors (Lipinski definition) is 1. The number of benzene rings is 1. The second kappa shape index (κ2) is 4.01. The summed E-state index contributed by atoms with van der Waals surface area (Å²) >= 11 is 0. The zero-order valence-electron chi connectivity index (χ0n) is 8.44. The Bertz CT molecular complexity index is 309. The molecule has 0 saturated heterocycles. The summed E-state index contributed by atoms with van der Waals surface area (Å²) in [5.74, 6) is 0.941. The minimum atomic E-state index is -0.343. The SMILES string of the molecule is CCC[C@H]1Oc2ccccc2C[C@@H]1O. The van der Waals surface area contributed by atoms with E-state index in [9.17, 15) is 5.11 Å². The highest BCUT2D eigenvalue weighted by Gasteiger charge is 2.26. The van der Waals surface area contributed by atoms with Gasteiger partial charge < -0.3 is 9.84 Å². The second-order valence-electron chi connectivity index (χ2n) is 3.82. The molecule has 76 valence electrons. The fourth-order valence-electron chi connectivity index (χ4n) is 1.92. The molecule has 1 aromatic rings. The van der Waals surface area contributed by atoms with Gasteiger partial charge in [0.25, 0.3) is 0 Å². The van der Waals surface area contributed by atoms with Gasteiger partial charge in [0.1, 0.15) is 11.9 Å². The zero-order valence-corrected chi connectivity index (χ0v) is 8.44. The lowest BCUT2D eigenvalue weighted by atomic mass is 9.97. The molecule has 2 heteroatoms. The van der Waals surface area contributed by atoms with E-state index in [1.54, 1.807) is 0 Å². The molecule has 0 saturated carbocycles. The Morgan fingerprint density at radius 2 is 2.21 bits per heavy atom. The molecule has 1 heterocycles. The molecule has 1 aliphatic rings. The maximum Gasteiger partial charge on any atom is 0.125 e. The van der Waals surface area contributed by atoms with Crippen LogP contribution in [0.5, 0.6) is 5.75 Å². The van der Waals surface area contributed by atoms with E-state index in [0.717, 1.165) is 30.6 Å². The first-order chi connectivity index (χ1) is 6.81. The Hall–Kier alpha value is -1.02. The Morgan fingerprint density at radius 3 is 3.00 bits per heavy atom. The summed E-state index contributed by atoms with van der Waals surface area (Å²) in [6, 6.07) is 7.94. The highest BCUT2D eigenvalue weighted by Crippen LogP contribution is 2.28. The van der Waals surface area contributed by atoms with E-state index in [-0.39, 0.29) is 12.2 Å². The average Bonchev–Trinajstić information content (AvgIpc) is 2.19. The lowest BCUT2D eigenvalue weighted by Gasteiger charge is -2.30. The first-order valence-electron chi connectivity index (χ1n) is 5.24. The number of aliphatic hydroxyl groups excluding tert-OH is 1. The van der Waals surface area contributed by atoms with Gasteiger partial charge in [-0.2, -0.15) is 0 Å². The number of rotatable bonds is 2. The molecule has 0 aromatic heterocycles. The third-order valence-corrected chi connectivity index (χ3v) is 2.68. The van der Waals surface area contributed by atoms with Crippen LogP contribution in [0.4, 0.5) is 0 Å². The largest absolute Gasteiger partial charge is 0.487 e. The van der Waals surface area contributed by atoms with Crippen LogP contribution in [0.25, 0.3) is 0 Å². The van der Waals surface area contributed by atoms with Gasteiger partial charge in [-0.05, 0) is 18.1 Å². The fraction of sp³-hybridized carbons (Fsp3) is 0.500. The number of hydrogen-bond acceptors (Lipinski definition) is 2. The van der Waals surface area contributed by atoms with Crippen molar-refractivity contribution >= 4 is 0 Å². The lowest BCUT2D eigenvalue weighted by Crippen LogP contribution is -2.37. The summed E-state index contributed by atoms with van der Waals surface area (Å²) < 4.78 is 5.73. The van der Waals surface area contributed by atoms with E-state index in [2.05, 4.69) is 6.92 Å². The summed E-state index contributed by atoms with van der Waals surface area (Å²) in [5, 5.41) is 9.82. The Balaban J connectivity index is 2.18. The number of ether oxygens (including phenoxy) is 1. The van der Waals surface area contributed by atoms with Gasteiger partial charge in [-0.1, -0.05) is 31.5 Å². The third-order valence-electron chi connectivity index (χ3n) is 2.68. The summed E-state index contributed by atoms with van der Waals surface area (Å²) in [5.41, 5.74) is 1.12. The highest BCUT2D eigenvalue weighted by atomic mass is 16.5. The minimum absolute atomic E-state index is 0.0186. The van der Waals surface area contributed by atoms with Crippen LogP contribution in [0.1, 0.15) is 25.3 Å². The van der Waals surface area contributed by atoms with Crippen LogP contribution in [-0.4, -0.2) is 17.3 Å². The molecule has 0 bridgehead atoms. The molecule has 0 radical (unpaired) electrons. The summed E-state index contributed by atoms with van der Waals surface area (Å²) in [6.07, 6.45) is 2.33. The molecule has 2 atom stereocenters. The molecular formula is C12H16O2. The summed E-state index contributed by atoms with van der Waals surface area (Å²) in [7, 11) is 0. The molecule has 0 spiro atoms. The first kappa shape index (κ1) is 9.53. The molecule has 0 unspecified atom stereocenters. The number of aliphatic hydroxyl groups is 1. The van der Waals surface area contributed by atoms with Crippen LogP contribution in [0.15, 0.2) is 24.3 Å². The van der Waals surface area contributed by atoms with Crippen LogP contribution < -0.4 is 4.74 Å². The highest BCUT2D eigenvalue weighted by molar-refractivity contribution is 5.35. The van der Waals surface area contributed by atoms with Crippen molar-refractivity contribution in [3.63, 3.8) is 0 Å². The summed E-state index contributed by atoms with van der Waals surface area (Å²) in [6.45, 7) is 2.11. The Kier molecular flexibility index (Phi) is 2.73. The van der Waals surface area contributed by atoms with Crippen molar-refractivity contribution in [2.75, 3.05) is 0 Å². The van der Waals surface area contributed by atoms with Gasteiger partial charge in [0.05, 0.1) is 6.10 Å². The number of para-hydroxylation sites is 1. The van der Waals surface area contributed by atoms with Gasteiger partial charge in [-0.15, -0.1) is 0 Å². The first-order valence-corrected chi connectivity index (χ1v) is 5.24. The van der Waals surface area contributed by atoms with Crippen molar-refractivity contribution in [3.8, 4) is 5.75 Å². The normalized spacial score (nSPS) is 25.3. The van der Waals surface area contributed by atoms with E-state index in [4.69, 9.17) is 4.74 Å². The van der Waals surface area contributed by atoms with E-state index < -0.39 is 0 Å². The van der Waals surface area contributed by atoms with E-state index in [0.29, 0.717) is 0 Å². The van der Waals surface area contributed by atoms with Crippen molar-refractivity contribution in [1.82, 2.24) is 0 Å². The van der Waals surface area contributed by atoms with E-state index in [1.165, 1.54) is 0 Å². The minimum Gasteiger partial charge on any atom is -0.487 e. The summed E-state index contributed by atoms with van der Waals surface area (Å²) in [4.78, 5) is 0. The van der Waals surface area contributed by atoms with Crippen molar-refractivity contribution in [2.45, 2.75) is 38.4 Å². The van der Waals surface area contributed by atoms with Crippen molar-refractivity contribution in [3.05, 3.63) is 29.8 Å². The Labute approximate surface area is 84.5 Å². The predicted molar refractivity (Wildman–Crippen MR) is 55.5 cm³/mol. The molecule has 1 N–H and O–H groups in total. The molecule has 0 aliphatic carbocycles. The van der Waals surface area contributed by atoms with Crippen LogP contribution in [0.2, 0.25) is 0 Å². The van der Waals surface area contributed by atoms with Gasteiger partial charge in [0.15, 0.2) is 0 Å². The molecule has 2 nitrogen and oxygen atoms in total. The van der Waals surface area contributed by atoms with Crippen molar-refractivity contribution < 1.29 is 9.84 Å². The maximum atomic E-state index is 9.82. The molecule has 2 rings (SSSR count). The quantitative estimate of drug-likeness (QED) is 0.778. The standard InChI is InChI=1S/C12H16O2/c1-2-5-12-10(13)8-9-6-3-4-7-11(9)14-12/h3-4,6-7,10,12-13H,2,5,8H2,1H3/t10-,12+/m0/s1. The molecule has 0 amide bonds. The molecule has 0 fully saturated rings. The monoisotopic (exact) mass is 192 g/mol. The average molecular weight is 192 g/mol.